The van der Waals surface area contributed by atoms with E-state index in [1.54, 1.807) is 4.90 Å². The van der Waals surface area contributed by atoms with Gasteiger partial charge in [-0.1, -0.05) is 6.42 Å². The highest BCUT2D eigenvalue weighted by Crippen LogP contribution is 2.16. The molecule has 1 N–H and O–H groups in total. The predicted octanol–water partition coefficient (Wildman–Crippen LogP) is 0.0985. The van der Waals surface area contributed by atoms with Crippen LogP contribution in [0.15, 0.2) is 0 Å². The van der Waals surface area contributed by atoms with E-state index in [9.17, 15) is 9.59 Å². The van der Waals surface area contributed by atoms with Gasteiger partial charge in [-0.15, -0.1) is 0 Å². The second-order valence-electron chi connectivity index (χ2n) is 3.40. The van der Waals surface area contributed by atoms with E-state index >= 15 is 0 Å². The molecule has 0 aromatic heterocycles. The van der Waals surface area contributed by atoms with E-state index in [4.69, 9.17) is 5.11 Å². The van der Waals surface area contributed by atoms with Gasteiger partial charge in [0.1, 0.15) is 6.04 Å². The number of hydrogen-bond donors (Lipinski definition) is 1. The number of carboxylic acids is 1. The molecule has 14 heavy (non-hydrogen) atoms. The normalized spacial score (nSPS) is 23.1. The molecular weight excluding hydrogens is 186 g/mol. The fraction of sp³-hybridized carbons (Fsp3) is 0.778. The average molecular weight is 201 g/mol. The van der Waals surface area contributed by atoms with Crippen LogP contribution in [0.1, 0.15) is 19.3 Å². The van der Waals surface area contributed by atoms with Crippen LogP contribution in [-0.2, 0) is 14.3 Å². The molecule has 0 spiro atoms. The van der Waals surface area contributed by atoms with Crippen LogP contribution in [0.2, 0.25) is 0 Å². The third-order valence-electron chi connectivity index (χ3n) is 2.46. The van der Waals surface area contributed by atoms with Crippen molar-refractivity contribution in [1.29, 1.82) is 0 Å². The number of aliphatic carboxylic acids is 1. The van der Waals surface area contributed by atoms with Crippen LogP contribution >= 0.6 is 0 Å². The van der Waals surface area contributed by atoms with Gasteiger partial charge in [-0.05, 0) is 19.4 Å². The Bertz CT molecular complexity index is 229. The van der Waals surface area contributed by atoms with Gasteiger partial charge in [-0.25, -0.2) is 0 Å². The van der Waals surface area contributed by atoms with Crippen molar-refractivity contribution in [3.63, 3.8) is 0 Å². The molecule has 0 aliphatic carbocycles. The minimum atomic E-state index is -0.853. The summed E-state index contributed by atoms with van der Waals surface area (Å²) in [5.41, 5.74) is 0. The summed E-state index contributed by atoms with van der Waals surface area (Å²) in [7, 11) is 1.31. The molecule has 5 heteroatoms. The fourth-order valence-electron chi connectivity index (χ4n) is 1.69. The highest BCUT2D eigenvalue weighted by atomic mass is 16.5. The Balaban J connectivity index is 2.54. The molecule has 0 amide bonds. The minimum Gasteiger partial charge on any atom is -0.480 e. The third kappa shape index (κ3) is 2.70. The SMILES string of the molecule is COC(=O)CN1CCCCC1C(=O)O. The summed E-state index contributed by atoms with van der Waals surface area (Å²) < 4.78 is 4.51. The molecule has 1 unspecified atom stereocenters. The van der Waals surface area contributed by atoms with Crippen LogP contribution < -0.4 is 0 Å². The van der Waals surface area contributed by atoms with Crippen molar-refractivity contribution in [2.45, 2.75) is 25.3 Å². The molecule has 1 atom stereocenters. The molecule has 1 aliphatic rings. The predicted molar refractivity (Wildman–Crippen MR) is 48.9 cm³/mol. The van der Waals surface area contributed by atoms with Crippen LogP contribution in [0.3, 0.4) is 0 Å². The number of hydrogen-bond acceptors (Lipinski definition) is 4. The number of nitrogens with zero attached hydrogens (tertiary/aromatic N) is 1. The maximum absolute atomic E-state index is 11.0. The van der Waals surface area contributed by atoms with Gasteiger partial charge in [0.15, 0.2) is 0 Å². The van der Waals surface area contributed by atoms with E-state index in [0.717, 1.165) is 12.8 Å². The monoisotopic (exact) mass is 201 g/mol. The van der Waals surface area contributed by atoms with Crippen molar-refractivity contribution in [2.24, 2.45) is 0 Å². The van der Waals surface area contributed by atoms with Crippen LogP contribution in [0.5, 0.6) is 0 Å². The summed E-state index contributed by atoms with van der Waals surface area (Å²) >= 11 is 0. The Morgan fingerprint density at radius 3 is 2.79 bits per heavy atom. The summed E-state index contributed by atoms with van der Waals surface area (Å²) in [4.78, 5) is 23.5. The Labute approximate surface area is 82.6 Å². The van der Waals surface area contributed by atoms with Gasteiger partial charge in [0, 0.05) is 0 Å². The van der Waals surface area contributed by atoms with E-state index in [-0.39, 0.29) is 12.5 Å². The molecule has 1 aliphatic heterocycles. The second-order valence-corrected chi connectivity index (χ2v) is 3.40. The minimum absolute atomic E-state index is 0.0769. The molecule has 0 saturated carbocycles. The van der Waals surface area contributed by atoms with Gasteiger partial charge in [0.2, 0.25) is 0 Å². The summed E-state index contributed by atoms with van der Waals surface area (Å²) in [5, 5.41) is 8.90. The molecule has 0 radical (unpaired) electrons. The Kier molecular flexibility index (Phi) is 3.88. The first-order valence-electron chi connectivity index (χ1n) is 4.69. The van der Waals surface area contributed by atoms with E-state index in [1.165, 1.54) is 7.11 Å². The molecule has 1 fully saturated rings. The number of esters is 1. The summed E-state index contributed by atoms with van der Waals surface area (Å²) in [6, 6.07) is -0.525. The topological polar surface area (TPSA) is 66.8 Å². The van der Waals surface area contributed by atoms with Gasteiger partial charge >= 0.3 is 11.9 Å². The summed E-state index contributed by atoms with van der Waals surface area (Å²) in [6.07, 6.45) is 2.47. The number of piperidine rings is 1. The molecule has 0 aromatic rings. The first-order chi connectivity index (χ1) is 6.65. The Morgan fingerprint density at radius 1 is 1.50 bits per heavy atom. The van der Waals surface area contributed by atoms with Crippen LogP contribution in [-0.4, -0.2) is 48.2 Å². The quantitative estimate of drug-likeness (QED) is 0.656. The maximum atomic E-state index is 11.0. The number of rotatable bonds is 3. The summed E-state index contributed by atoms with van der Waals surface area (Å²) in [6.45, 7) is 0.736. The van der Waals surface area contributed by atoms with Crippen LogP contribution in [0, 0.1) is 0 Å². The largest absolute Gasteiger partial charge is 0.480 e. The molecule has 0 aromatic carbocycles. The van der Waals surface area contributed by atoms with Crippen molar-refractivity contribution >= 4 is 11.9 Å². The zero-order chi connectivity index (χ0) is 10.6. The van der Waals surface area contributed by atoms with Gasteiger partial charge in [-0.3, -0.25) is 14.5 Å². The number of ether oxygens (including phenoxy) is 1. The van der Waals surface area contributed by atoms with Crippen LogP contribution in [0.25, 0.3) is 0 Å². The van der Waals surface area contributed by atoms with E-state index in [0.29, 0.717) is 13.0 Å². The van der Waals surface area contributed by atoms with Gasteiger partial charge in [0.05, 0.1) is 13.7 Å². The number of carbonyl (C=O) groups is 2. The molecule has 1 heterocycles. The molecule has 1 rings (SSSR count). The lowest BCUT2D eigenvalue weighted by atomic mass is 10.0. The maximum Gasteiger partial charge on any atom is 0.320 e. The number of carbonyl (C=O) groups excluding carboxylic acids is 1. The van der Waals surface area contributed by atoms with Gasteiger partial charge in [-0.2, -0.15) is 0 Å². The fourth-order valence-corrected chi connectivity index (χ4v) is 1.69. The van der Waals surface area contributed by atoms with Crippen LogP contribution in [0.4, 0.5) is 0 Å². The van der Waals surface area contributed by atoms with Crippen molar-refractivity contribution in [3.8, 4) is 0 Å². The lowest BCUT2D eigenvalue weighted by molar-refractivity contribution is -0.149. The molecule has 1 saturated heterocycles. The lowest BCUT2D eigenvalue weighted by Crippen LogP contribution is -2.47. The highest BCUT2D eigenvalue weighted by molar-refractivity contribution is 5.76. The van der Waals surface area contributed by atoms with E-state index in [2.05, 4.69) is 4.74 Å². The highest BCUT2D eigenvalue weighted by Gasteiger charge is 2.29. The zero-order valence-corrected chi connectivity index (χ0v) is 8.23. The van der Waals surface area contributed by atoms with Gasteiger partial charge in [0.25, 0.3) is 0 Å². The number of likely N-dealkylation sites (tertiary alicyclic amines) is 1. The van der Waals surface area contributed by atoms with Gasteiger partial charge < -0.3 is 9.84 Å². The molecule has 5 nitrogen and oxygen atoms in total. The third-order valence-corrected chi connectivity index (χ3v) is 2.46. The smallest absolute Gasteiger partial charge is 0.320 e. The van der Waals surface area contributed by atoms with Crippen molar-refractivity contribution in [1.82, 2.24) is 4.90 Å². The molecule has 0 bridgehead atoms. The van der Waals surface area contributed by atoms with E-state index < -0.39 is 12.0 Å². The average Bonchev–Trinajstić information content (AvgIpc) is 2.18. The Morgan fingerprint density at radius 2 is 2.21 bits per heavy atom. The molecule has 80 valence electrons. The first kappa shape index (κ1) is 11.0. The zero-order valence-electron chi connectivity index (χ0n) is 8.23. The van der Waals surface area contributed by atoms with E-state index in [1.807, 2.05) is 0 Å². The van der Waals surface area contributed by atoms with Crippen molar-refractivity contribution < 1.29 is 19.4 Å². The number of carboxylic acid groups (broad SMARTS) is 1. The summed E-state index contributed by atoms with van der Waals surface area (Å²) in [5.74, 6) is -1.23. The van der Waals surface area contributed by atoms with Crippen molar-refractivity contribution in [2.75, 3.05) is 20.2 Å². The first-order valence-corrected chi connectivity index (χ1v) is 4.69. The van der Waals surface area contributed by atoms with Crippen molar-refractivity contribution in [3.05, 3.63) is 0 Å². The molecular formula is C9H15NO4. The lowest BCUT2D eigenvalue weighted by Gasteiger charge is -2.31. The Hall–Kier alpha value is -1.10. The number of methoxy groups -OCH3 is 1. The second kappa shape index (κ2) is 4.95. The standard InChI is InChI=1S/C9H15NO4/c1-14-8(11)6-10-5-3-2-4-7(10)9(12)13/h7H,2-6H2,1H3,(H,12,13).